The first-order chi connectivity index (χ1) is 10.5. The van der Waals surface area contributed by atoms with Crippen LogP contribution in [0.3, 0.4) is 0 Å². The number of rotatable bonds is 3. The van der Waals surface area contributed by atoms with Crippen LogP contribution in [0.15, 0.2) is 24.3 Å². The summed E-state index contributed by atoms with van der Waals surface area (Å²) in [5.41, 5.74) is -0.291. The molecule has 0 aromatic heterocycles. The van der Waals surface area contributed by atoms with Gasteiger partial charge in [-0.25, -0.2) is 0 Å². The highest BCUT2D eigenvalue weighted by molar-refractivity contribution is 6.34. The lowest BCUT2D eigenvalue weighted by Gasteiger charge is -2.32. The van der Waals surface area contributed by atoms with E-state index in [2.05, 4.69) is 12.2 Å². The van der Waals surface area contributed by atoms with Crippen LogP contribution in [-0.2, 0) is 9.59 Å². The largest absolute Gasteiger partial charge is 0.342 e. The third-order valence-corrected chi connectivity index (χ3v) is 5.12. The topological polar surface area (TPSA) is 49.4 Å². The van der Waals surface area contributed by atoms with Crippen LogP contribution in [0.4, 0.5) is 5.69 Å². The van der Waals surface area contributed by atoms with E-state index in [-0.39, 0.29) is 11.8 Å². The maximum atomic E-state index is 12.7. The van der Waals surface area contributed by atoms with Gasteiger partial charge in [0.15, 0.2) is 0 Å². The second kappa shape index (κ2) is 5.92. The molecule has 2 aliphatic rings. The first-order valence-corrected chi connectivity index (χ1v) is 8.26. The molecule has 22 heavy (non-hydrogen) atoms. The predicted molar refractivity (Wildman–Crippen MR) is 86.7 cm³/mol. The molecule has 2 amide bonds. The summed E-state index contributed by atoms with van der Waals surface area (Å²) >= 11 is 6.07. The molecule has 1 saturated heterocycles. The van der Waals surface area contributed by atoms with Gasteiger partial charge in [0.05, 0.1) is 10.7 Å². The fourth-order valence-corrected chi connectivity index (χ4v) is 3.16. The van der Waals surface area contributed by atoms with Crippen LogP contribution in [0.2, 0.25) is 5.02 Å². The summed E-state index contributed by atoms with van der Waals surface area (Å²) in [5, 5.41) is 3.31. The van der Waals surface area contributed by atoms with Gasteiger partial charge in [0.2, 0.25) is 11.8 Å². The number of para-hydroxylation sites is 1. The third kappa shape index (κ3) is 2.84. The molecule has 4 nitrogen and oxygen atoms in total. The maximum absolute atomic E-state index is 12.7. The standard InChI is InChI=1S/C17H21ClN2O2/c1-12-6-10-20(11-7-12)16(22)17(8-9-17)15(21)19-14-5-3-2-4-13(14)18/h2-5,12H,6-11H2,1H3,(H,19,21). The average Bonchev–Trinajstić information content (AvgIpc) is 3.31. The minimum Gasteiger partial charge on any atom is -0.342 e. The molecular weight excluding hydrogens is 300 g/mol. The van der Waals surface area contributed by atoms with E-state index in [9.17, 15) is 9.59 Å². The van der Waals surface area contributed by atoms with Crippen LogP contribution in [0, 0.1) is 11.3 Å². The number of anilines is 1. The summed E-state index contributed by atoms with van der Waals surface area (Å²) in [6.45, 7) is 3.74. The van der Waals surface area contributed by atoms with Crippen molar-refractivity contribution >= 4 is 29.1 Å². The number of nitrogens with zero attached hydrogens (tertiary/aromatic N) is 1. The minimum absolute atomic E-state index is 0.0102. The highest BCUT2D eigenvalue weighted by atomic mass is 35.5. The van der Waals surface area contributed by atoms with Gasteiger partial charge in [0.25, 0.3) is 0 Å². The first kappa shape index (κ1) is 15.3. The fraction of sp³-hybridized carbons (Fsp3) is 0.529. The molecule has 1 aliphatic carbocycles. The molecule has 0 unspecified atom stereocenters. The van der Waals surface area contributed by atoms with E-state index in [0.29, 0.717) is 29.5 Å². The lowest BCUT2D eigenvalue weighted by Crippen LogP contribution is -2.46. The van der Waals surface area contributed by atoms with Crippen LogP contribution >= 0.6 is 11.6 Å². The van der Waals surface area contributed by atoms with Gasteiger partial charge in [-0.3, -0.25) is 9.59 Å². The van der Waals surface area contributed by atoms with Crippen molar-refractivity contribution in [3.05, 3.63) is 29.3 Å². The zero-order chi connectivity index (χ0) is 15.7. The lowest BCUT2D eigenvalue weighted by atomic mass is 9.96. The normalized spacial score (nSPS) is 20.5. The molecule has 1 aromatic carbocycles. The van der Waals surface area contributed by atoms with Gasteiger partial charge >= 0.3 is 0 Å². The molecule has 1 aromatic rings. The van der Waals surface area contributed by atoms with Crippen molar-refractivity contribution in [2.75, 3.05) is 18.4 Å². The number of carbonyl (C=O) groups excluding carboxylic acids is 2. The van der Waals surface area contributed by atoms with Crippen molar-refractivity contribution in [2.24, 2.45) is 11.3 Å². The number of hydrogen-bond donors (Lipinski definition) is 1. The quantitative estimate of drug-likeness (QED) is 0.869. The van der Waals surface area contributed by atoms with Crippen LogP contribution < -0.4 is 5.32 Å². The van der Waals surface area contributed by atoms with Gasteiger partial charge in [-0.05, 0) is 43.7 Å². The second-order valence-corrected chi connectivity index (χ2v) is 6.90. The van der Waals surface area contributed by atoms with Crippen molar-refractivity contribution in [3.8, 4) is 0 Å². The van der Waals surface area contributed by atoms with E-state index in [1.165, 1.54) is 0 Å². The predicted octanol–water partition coefficient (Wildman–Crippen LogP) is 3.32. The van der Waals surface area contributed by atoms with E-state index in [0.717, 1.165) is 25.9 Å². The molecule has 0 radical (unpaired) electrons. The number of benzene rings is 1. The minimum atomic E-state index is -0.861. The molecule has 0 atom stereocenters. The third-order valence-electron chi connectivity index (χ3n) is 4.79. The van der Waals surface area contributed by atoms with Crippen LogP contribution in [-0.4, -0.2) is 29.8 Å². The average molecular weight is 321 g/mol. The van der Waals surface area contributed by atoms with E-state index in [4.69, 9.17) is 11.6 Å². The van der Waals surface area contributed by atoms with Crippen molar-refractivity contribution < 1.29 is 9.59 Å². The number of piperidine rings is 1. The number of likely N-dealkylation sites (tertiary alicyclic amines) is 1. The summed E-state index contributed by atoms with van der Waals surface area (Å²) in [6.07, 6.45) is 3.31. The van der Waals surface area contributed by atoms with Crippen LogP contribution in [0.5, 0.6) is 0 Å². The summed E-state index contributed by atoms with van der Waals surface area (Å²) in [5.74, 6) is 0.435. The van der Waals surface area contributed by atoms with Crippen molar-refractivity contribution in [1.29, 1.82) is 0 Å². The summed E-state index contributed by atoms with van der Waals surface area (Å²) in [6, 6.07) is 7.10. The summed E-state index contributed by atoms with van der Waals surface area (Å²) < 4.78 is 0. The number of carbonyl (C=O) groups is 2. The second-order valence-electron chi connectivity index (χ2n) is 6.49. The molecule has 0 spiro atoms. The highest BCUT2D eigenvalue weighted by Gasteiger charge is 2.58. The van der Waals surface area contributed by atoms with Gasteiger partial charge in [-0.2, -0.15) is 0 Å². The van der Waals surface area contributed by atoms with Crippen LogP contribution in [0.25, 0.3) is 0 Å². The van der Waals surface area contributed by atoms with Gasteiger partial charge in [-0.15, -0.1) is 0 Å². The zero-order valence-corrected chi connectivity index (χ0v) is 13.5. The Hall–Kier alpha value is -1.55. The van der Waals surface area contributed by atoms with Crippen molar-refractivity contribution in [1.82, 2.24) is 4.90 Å². The Morgan fingerprint density at radius 3 is 2.45 bits per heavy atom. The summed E-state index contributed by atoms with van der Waals surface area (Å²) in [7, 11) is 0. The molecular formula is C17H21ClN2O2. The Labute approximate surface area is 135 Å². The molecule has 1 heterocycles. The molecule has 5 heteroatoms. The van der Waals surface area contributed by atoms with Crippen LogP contribution in [0.1, 0.15) is 32.6 Å². The monoisotopic (exact) mass is 320 g/mol. The van der Waals surface area contributed by atoms with E-state index in [1.54, 1.807) is 12.1 Å². The number of halogens is 1. The van der Waals surface area contributed by atoms with Gasteiger partial charge < -0.3 is 10.2 Å². The molecule has 3 rings (SSSR count). The fourth-order valence-electron chi connectivity index (χ4n) is 2.98. The Balaban J connectivity index is 1.69. The maximum Gasteiger partial charge on any atom is 0.240 e. The molecule has 1 saturated carbocycles. The molecule has 1 N–H and O–H groups in total. The van der Waals surface area contributed by atoms with Gasteiger partial charge in [0.1, 0.15) is 5.41 Å². The summed E-state index contributed by atoms with van der Waals surface area (Å²) in [4.78, 5) is 27.2. The van der Waals surface area contributed by atoms with Crippen molar-refractivity contribution in [2.45, 2.75) is 32.6 Å². The van der Waals surface area contributed by atoms with E-state index in [1.807, 2.05) is 17.0 Å². The Bertz CT molecular complexity index is 590. The Kier molecular flexibility index (Phi) is 4.13. The molecule has 2 fully saturated rings. The van der Waals surface area contributed by atoms with Gasteiger partial charge in [-0.1, -0.05) is 30.7 Å². The van der Waals surface area contributed by atoms with Gasteiger partial charge in [0, 0.05) is 13.1 Å². The Morgan fingerprint density at radius 1 is 1.23 bits per heavy atom. The first-order valence-electron chi connectivity index (χ1n) is 7.88. The number of hydrogen-bond acceptors (Lipinski definition) is 2. The lowest BCUT2D eigenvalue weighted by molar-refractivity contribution is -0.143. The smallest absolute Gasteiger partial charge is 0.240 e. The SMILES string of the molecule is CC1CCN(C(=O)C2(C(=O)Nc3ccccc3Cl)CC2)CC1. The van der Waals surface area contributed by atoms with E-state index >= 15 is 0 Å². The highest BCUT2D eigenvalue weighted by Crippen LogP contribution is 2.48. The molecule has 0 bridgehead atoms. The zero-order valence-electron chi connectivity index (χ0n) is 12.8. The number of amides is 2. The van der Waals surface area contributed by atoms with E-state index < -0.39 is 5.41 Å². The molecule has 1 aliphatic heterocycles. The Morgan fingerprint density at radius 2 is 1.86 bits per heavy atom. The molecule has 118 valence electrons. The number of nitrogens with one attached hydrogen (secondary N) is 1. The van der Waals surface area contributed by atoms with Crippen molar-refractivity contribution in [3.63, 3.8) is 0 Å².